The lowest BCUT2D eigenvalue weighted by atomic mass is 10.1. The van der Waals surface area contributed by atoms with Gasteiger partial charge in [0, 0.05) is 13.1 Å². The van der Waals surface area contributed by atoms with Crippen LogP contribution in [0.2, 0.25) is 0 Å². The highest BCUT2D eigenvalue weighted by molar-refractivity contribution is 7.99. The predicted molar refractivity (Wildman–Crippen MR) is 85.6 cm³/mol. The van der Waals surface area contributed by atoms with Gasteiger partial charge >= 0.3 is 0 Å². The molecule has 1 atom stereocenters. The van der Waals surface area contributed by atoms with Gasteiger partial charge in [-0.3, -0.25) is 0 Å². The van der Waals surface area contributed by atoms with Gasteiger partial charge in [-0.05, 0) is 42.0 Å². The van der Waals surface area contributed by atoms with Gasteiger partial charge in [0.1, 0.15) is 0 Å². The van der Waals surface area contributed by atoms with E-state index in [1.165, 1.54) is 18.2 Å². The van der Waals surface area contributed by atoms with Gasteiger partial charge < -0.3 is 11.1 Å². The molecule has 0 bridgehead atoms. The van der Waals surface area contributed by atoms with E-state index in [1.54, 1.807) is 19.1 Å². The van der Waals surface area contributed by atoms with Gasteiger partial charge in [-0.25, -0.2) is 13.1 Å². The molecule has 4 N–H and O–H groups in total. The van der Waals surface area contributed by atoms with Crippen molar-refractivity contribution in [3.05, 3.63) is 18.2 Å². The maximum atomic E-state index is 12.0. The van der Waals surface area contributed by atoms with Crippen LogP contribution in [0.15, 0.2) is 23.1 Å². The zero-order valence-electron chi connectivity index (χ0n) is 11.6. The number of thioether (sulfide) groups is 1. The lowest BCUT2D eigenvalue weighted by Crippen LogP contribution is -2.23. The Morgan fingerprint density at radius 1 is 1.45 bits per heavy atom. The third kappa shape index (κ3) is 3.80. The van der Waals surface area contributed by atoms with Crippen LogP contribution in [-0.4, -0.2) is 33.0 Å². The minimum absolute atomic E-state index is 0.247. The summed E-state index contributed by atoms with van der Waals surface area (Å²) in [7, 11) is -3.44. The topological polar surface area (TPSA) is 84.2 Å². The van der Waals surface area contributed by atoms with Crippen LogP contribution in [0, 0.1) is 5.92 Å². The zero-order chi connectivity index (χ0) is 14.6. The monoisotopic (exact) mass is 315 g/mol. The molecule has 1 heterocycles. The molecule has 1 saturated heterocycles. The lowest BCUT2D eigenvalue weighted by Gasteiger charge is -2.14. The number of nitrogen functional groups attached to an aromatic ring is 1. The number of benzene rings is 1. The van der Waals surface area contributed by atoms with Crippen molar-refractivity contribution in [2.24, 2.45) is 5.92 Å². The second kappa shape index (κ2) is 6.69. The van der Waals surface area contributed by atoms with Gasteiger partial charge in [0.25, 0.3) is 0 Å². The number of hydrogen-bond acceptors (Lipinski definition) is 5. The number of hydrogen-bond donors (Lipinski definition) is 3. The number of nitrogens with two attached hydrogens (primary N) is 1. The molecule has 1 aliphatic rings. The third-order valence-electron chi connectivity index (χ3n) is 3.27. The highest BCUT2D eigenvalue weighted by atomic mass is 32.2. The highest BCUT2D eigenvalue weighted by Crippen LogP contribution is 2.26. The Hall–Kier alpha value is -0.920. The summed E-state index contributed by atoms with van der Waals surface area (Å²) in [6, 6.07) is 4.77. The molecule has 0 spiro atoms. The molecule has 1 aromatic rings. The van der Waals surface area contributed by atoms with Crippen LogP contribution in [0.25, 0.3) is 0 Å². The first-order valence-corrected chi connectivity index (χ1v) is 9.37. The Kier molecular flexibility index (Phi) is 5.17. The van der Waals surface area contributed by atoms with Crippen LogP contribution >= 0.6 is 11.8 Å². The summed E-state index contributed by atoms with van der Waals surface area (Å²) in [5, 5.41) is 3.28. The van der Waals surface area contributed by atoms with Gasteiger partial charge in [-0.2, -0.15) is 11.8 Å². The summed E-state index contributed by atoms with van der Waals surface area (Å²) in [5.74, 6) is 2.99. The van der Waals surface area contributed by atoms with Gasteiger partial charge in [0.15, 0.2) is 0 Å². The first-order valence-electron chi connectivity index (χ1n) is 6.73. The van der Waals surface area contributed by atoms with E-state index in [0.29, 0.717) is 23.8 Å². The van der Waals surface area contributed by atoms with Crippen LogP contribution in [0.3, 0.4) is 0 Å². The highest BCUT2D eigenvalue weighted by Gasteiger charge is 2.17. The number of sulfonamides is 1. The molecule has 7 heteroatoms. The molecule has 2 rings (SSSR count). The van der Waals surface area contributed by atoms with E-state index in [0.717, 1.165) is 12.3 Å². The van der Waals surface area contributed by atoms with Gasteiger partial charge in [0.05, 0.1) is 16.3 Å². The summed E-state index contributed by atoms with van der Waals surface area (Å²) in [5.41, 5.74) is 7.18. The quantitative estimate of drug-likeness (QED) is 0.696. The first-order chi connectivity index (χ1) is 9.53. The fourth-order valence-electron chi connectivity index (χ4n) is 2.13. The van der Waals surface area contributed by atoms with Gasteiger partial charge in [-0.1, -0.05) is 6.92 Å². The predicted octanol–water partition coefficient (Wildman–Crippen LogP) is 1.73. The summed E-state index contributed by atoms with van der Waals surface area (Å²) in [6.45, 7) is 2.96. The van der Waals surface area contributed by atoms with Crippen LogP contribution < -0.4 is 15.8 Å². The average Bonchev–Trinajstić information content (AvgIpc) is 2.90. The van der Waals surface area contributed by atoms with E-state index in [9.17, 15) is 8.42 Å². The molecule has 112 valence electrons. The number of nitrogens with one attached hydrogen (secondary N) is 2. The molecule has 0 saturated carbocycles. The molecule has 0 aromatic heterocycles. The van der Waals surface area contributed by atoms with Crippen molar-refractivity contribution in [3.8, 4) is 0 Å². The Morgan fingerprint density at radius 3 is 2.90 bits per heavy atom. The molecule has 1 aromatic carbocycles. The summed E-state index contributed by atoms with van der Waals surface area (Å²) >= 11 is 1.96. The molecule has 1 aliphatic heterocycles. The molecule has 1 fully saturated rings. The van der Waals surface area contributed by atoms with E-state index >= 15 is 0 Å². The largest absolute Gasteiger partial charge is 0.397 e. The standard InChI is InChI=1S/C13H21N3O2S2/c1-2-16-20(17,18)11-3-4-12(14)13(7-11)15-8-10-5-6-19-9-10/h3-4,7,10,15-16H,2,5-6,8-9,14H2,1H3. The molecule has 20 heavy (non-hydrogen) atoms. The van der Waals surface area contributed by atoms with Crippen molar-refractivity contribution in [1.29, 1.82) is 0 Å². The van der Waals surface area contributed by atoms with Gasteiger partial charge in [0.2, 0.25) is 10.0 Å². The number of anilines is 2. The zero-order valence-corrected chi connectivity index (χ0v) is 13.2. The normalized spacial score (nSPS) is 19.1. The first kappa shape index (κ1) is 15.5. The summed E-state index contributed by atoms with van der Waals surface area (Å²) < 4.78 is 26.4. The Labute approximate surface area is 124 Å². The van der Waals surface area contributed by atoms with Crippen LogP contribution in [-0.2, 0) is 10.0 Å². The molecule has 1 unspecified atom stereocenters. The molecule has 0 amide bonds. The second-order valence-electron chi connectivity index (χ2n) is 4.86. The SMILES string of the molecule is CCNS(=O)(=O)c1ccc(N)c(NCC2CCSC2)c1. The maximum absolute atomic E-state index is 12.0. The molecule has 5 nitrogen and oxygen atoms in total. The maximum Gasteiger partial charge on any atom is 0.240 e. The number of rotatable bonds is 6. The Morgan fingerprint density at radius 2 is 2.25 bits per heavy atom. The van der Waals surface area contributed by atoms with Crippen molar-refractivity contribution in [1.82, 2.24) is 4.72 Å². The summed E-state index contributed by atoms with van der Waals surface area (Å²) in [4.78, 5) is 0.247. The van der Waals surface area contributed by atoms with Crippen molar-refractivity contribution < 1.29 is 8.42 Å². The van der Waals surface area contributed by atoms with Crippen LogP contribution in [0.5, 0.6) is 0 Å². The van der Waals surface area contributed by atoms with Crippen molar-refractivity contribution in [2.45, 2.75) is 18.2 Å². The summed E-state index contributed by atoms with van der Waals surface area (Å²) in [6.07, 6.45) is 1.20. The van der Waals surface area contributed by atoms with Crippen molar-refractivity contribution >= 4 is 33.2 Å². The fraction of sp³-hybridized carbons (Fsp3) is 0.538. The van der Waals surface area contributed by atoms with Crippen molar-refractivity contribution in [3.63, 3.8) is 0 Å². The Bertz CT molecular complexity index is 555. The van der Waals surface area contributed by atoms with E-state index < -0.39 is 10.0 Å². The molecule has 0 radical (unpaired) electrons. The second-order valence-corrected chi connectivity index (χ2v) is 7.78. The van der Waals surface area contributed by atoms with Gasteiger partial charge in [-0.15, -0.1) is 0 Å². The fourth-order valence-corrected chi connectivity index (χ4v) is 4.48. The molecular weight excluding hydrogens is 294 g/mol. The van der Waals surface area contributed by atoms with Crippen LogP contribution in [0.4, 0.5) is 11.4 Å². The average molecular weight is 315 g/mol. The van der Waals surface area contributed by atoms with E-state index in [4.69, 9.17) is 5.73 Å². The lowest BCUT2D eigenvalue weighted by molar-refractivity contribution is 0.584. The smallest absolute Gasteiger partial charge is 0.240 e. The van der Waals surface area contributed by atoms with Crippen LogP contribution in [0.1, 0.15) is 13.3 Å². The third-order valence-corrected chi connectivity index (χ3v) is 6.05. The minimum atomic E-state index is -3.44. The Balaban J connectivity index is 2.11. The molecular formula is C13H21N3O2S2. The van der Waals surface area contributed by atoms with E-state index in [2.05, 4.69) is 10.0 Å². The van der Waals surface area contributed by atoms with Crippen molar-refractivity contribution in [2.75, 3.05) is 35.6 Å². The van der Waals surface area contributed by atoms with E-state index in [1.807, 2.05) is 11.8 Å². The minimum Gasteiger partial charge on any atom is -0.397 e. The molecule has 0 aliphatic carbocycles. The van der Waals surface area contributed by atoms with E-state index in [-0.39, 0.29) is 4.90 Å².